The lowest BCUT2D eigenvalue weighted by Gasteiger charge is -2.10. The molecule has 0 aliphatic heterocycles. The van der Waals surface area contributed by atoms with E-state index < -0.39 is 11.4 Å². The molecule has 3 nitrogen and oxygen atoms in total. The highest BCUT2D eigenvalue weighted by atomic mass is 32.2. The number of thioether (sulfide) groups is 1. The smallest absolute Gasteiger partial charge is 0.349 e. The Morgan fingerprint density at radius 2 is 2.22 bits per heavy atom. The Labute approximate surface area is 106 Å². The van der Waals surface area contributed by atoms with E-state index in [4.69, 9.17) is 0 Å². The summed E-state index contributed by atoms with van der Waals surface area (Å²) in [6, 6.07) is 2.87. The number of rotatable bonds is 3. The molecular weight excluding hydrogens is 265 g/mol. The molecule has 0 saturated heterocycles. The third kappa shape index (κ3) is 3.38. The number of halogens is 3. The molecule has 1 N–H and O–H groups in total. The van der Waals surface area contributed by atoms with Crippen LogP contribution >= 0.6 is 11.8 Å². The van der Waals surface area contributed by atoms with Crippen molar-refractivity contribution in [3.05, 3.63) is 23.9 Å². The number of nitrogens with one attached hydrogen (secondary N) is 1. The zero-order chi connectivity index (χ0) is 13.3. The summed E-state index contributed by atoms with van der Waals surface area (Å²) < 4.78 is 36.9. The predicted octanol–water partition coefficient (Wildman–Crippen LogP) is 2.83. The van der Waals surface area contributed by atoms with Crippen LogP contribution in [0.3, 0.4) is 0 Å². The van der Waals surface area contributed by atoms with Crippen LogP contribution in [0.15, 0.2) is 23.4 Å². The van der Waals surface area contributed by atoms with Crippen molar-refractivity contribution in [1.82, 2.24) is 10.3 Å². The Hall–Kier alpha value is -1.24. The van der Waals surface area contributed by atoms with Crippen molar-refractivity contribution >= 4 is 17.7 Å². The summed E-state index contributed by atoms with van der Waals surface area (Å²) in [6.45, 7) is 1.97. The van der Waals surface area contributed by atoms with E-state index >= 15 is 0 Å². The third-order valence-corrected chi connectivity index (χ3v) is 3.40. The van der Waals surface area contributed by atoms with Gasteiger partial charge in [-0.3, -0.25) is 4.79 Å². The first kappa shape index (κ1) is 13.2. The van der Waals surface area contributed by atoms with Gasteiger partial charge in [0.2, 0.25) is 0 Å². The van der Waals surface area contributed by atoms with Gasteiger partial charge in [0.1, 0.15) is 5.03 Å². The Balaban J connectivity index is 2.13. The van der Waals surface area contributed by atoms with E-state index in [9.17, 15) is 18.0 Å². The molecule has 1 aromatic rings. The molecule has 1 fully saturated rings. The molecule has 2 atom stereocenters. The number of amides is 1. The van der Waals surface area contributed by atoms with Crippen molar-refractivity contribution in [1.29, 1.82) is 0 Å². The van der Waals surface area contributed by atoms with E-state index in [1.807, 2.05) is 6.92 Å². The van der Waals surface area contributed by atoms with E-state index in [0.29, 0.717) is 5.92 Å². The zero-order valence-corrected chi connectivity index (χ0v) is 10.3. The van der Waals surface area contributed by atoms with E-state index in [0.717, 1.165) is 6.42 Å². The highest BCUT2D eigenvalue weighted by molar-refractivity contribution is 8.00. The molecule has 2 unspecified atom stereocenters. The van der Waals surface area contributed by atoms with Crippen LogP contribution in [0.2, 0.25) is 0 Å². The second-order valence-electron chi connectivity index (χ2n) is 4.20. The summed E-state index contributed by atoms with van der Waals surface area (Å²) in [5, 5.41) is 2.38. The third-order valence-electron chi connectivity index (χ3n) is 2.65. The highest BCUT2D eigenvalue weighted by Crippen LogP contribution is 2.37. The van der Waals surface area contributed by atoms with Crippen LogP contribution < -0.4 is 5.32 Å². The molecule has 0 radical (unpaired) electrons. The number of carbonyl (C=O) groups excluding carboxylic acids is 1. The fraction of sp³-hybridized carbons (Fsp3) is 0.455. The topological polar surface area (TPSA) is 42.0 Å². The van der Waals surface area contributed by atoms with Gasteiger partial charge < -0.3 is 5.32 Å². The van der Waals surface area contributed by atoms with E-state index in [-0.39, 0.29) is 28.4 Å². The number of hydrogen-bond acceptors (Lipinski definition) is 3. The van der Waals surface area contributed by atoms with Gasteiger partial charge in [-0.1, -0.05) is 6.92 Å². The van der Waals surface area contributed by atoms with Gasteiger partial charge in [0, 0.05) is 24.0 Å². The van der Waals surface area contributed by atoms with Crippen molar-refractivity contribution in [3.63, 3.8) is 0 Å². The molecule has 0 aromatic carbocycles. The van der Waals surface area contributed by atoms with Gasteiger partial charge in [0.25, 0.3) is 5.91 Å². The van der Waals surface area contributed by atoms with E-state index in [2.05, 4.69) is 10.3 Å². The minimum Gasteiger partial charge on any atom is -0.349 e. The van der Waals surface area contributed by atoms with E-state index in [1.165, 1.54) is 18.3 Å². The number of pyridine rings is 1. The summed E-state index contributed by atoms with van der Waals surface area (Å²) >= 11 is -0.368. The molecule has 2 rings (SSSR count). The van der Waals surface area contributed by atoms with Crippen molar-refractivity contribution < 1.29 is 18.0 Å². The number of nitrogens with zero attached hydrogens (tertiary/aromatic N) is 1. The van der Waals surface area contributed by atoms with Gasteiger partial charge in [-0.05, 0) is 24.5 Å². The van der Waals surface area contributed by atoms with Crippen LogP contribution in [0.25, 0.3) is 0 Å². The number of hydrogen-bond donors (Lipinski definition) is 1. The Kier molecular flexibility index (Phi) is 3.52. The van der Waals surface area contributed by atoms with E-state index in [1.54, 1.807) is 0 Å². The maximum atomic E-state index is 12.3. The normalized spacial score (nSPS) is 22.7. The molecule has 98 valence electrons. The average Bonchev–Trinajstić information content (AvgIpc) is 2.92. The maximum Gasteiger partial charge on any atom is 0.447 e. The fourth-order valence-corrected chi connectivity index (χ4v) is 2.13. The predicted molar refractivity (Wildman–Crippen MR) is 61.2 cm³/mol. The Bertz CT molecular complexity index is 464. The van der Waals surface area contributed by atoms with Crippen LogP contribution in [0.1, 0.15) is 23.7 Å². The van der Waals surface area contributed by atoms with Crippen LogP contribution in [0, 0.1) is 5.92 Å². The molecule has 1 aliphatic carbocycles. The minimum atomic E-state index is -4.45. The molecule has 0 spiro atoms. The van der Waals surface area contributed by atoms with Crippen LogP contribution in [-0.2, 0) is 0 Å². The van der Waals surface area contributed by atoms with Crippen molar-refractivity contribution in [2.75, 3.05) is 0 Å². The molecule has 1 saturated carbocycles. The van der Waals surface area contributed by atoms with Crippen LogP contribution in [0.5, 0.6) is 0 Å². The molecule has 1 aliphatic rings. The van der Waals surface area contributed by atoms with Crippen LogP contribution in [-0.4, -0.2) is 22.4 Å². The maximum absolute atomic E-state index is 12.3. The Morgan fingerprint density at radius 1 is 1.56 bits per heavy atom. The largest absolute Gasteiger partial charge is 0.447 e. The summed E-state index contributed by atoms with van der Waals surface area (Å²) in [4.78, 5) is 15.4. The summed E-state index contributed by atoms with van der Waals surface area (Å²) in [5.74, 6) is -0.103. The molecule has 1 heterocycles. The second-order valence-corrected chi connectivity index (χ2v) is 5.25. The first-order valence-electron chi connectivity index (χ1n) is 5.38. The first-order chi connectivity index (χ1) is 8.37. The van der Waals surface area contributed by atoms with Gasteiger partial charge in [-0.15, -0.1) is 0 Å². The van der Waals surface area contributed by atoms with Crippen molar-refractivity contribution in [3.8, 4) is 0 Å². The van der Waals surface area contributed by atoms with Gasteiger partial charge in [-0.2, -0.15) is 13.2 Å². The SMILES string of the molecule is CC1CC1NC(=O)c1cccnc1SC(F)(F)F. The quantitative estimate of drug-likeness (QED) is 0.863. The zero-order valence-electron chi connectivity index (χ0n) is 9.49. The first-order valence-corrected chi connectivity index (χ1v) is 6.20. The average molecular weight is 276 g/mol. The minimum absolute atomic E-state index is 0.0288. The molecule has 1 amide bonds. The standard InChI is InChI=1S/C11H11F3N2OS/c1-6-5-8(6)16-9(17)7-3-2-4-15-10(7)18-11(12,13)14/h2-4,6,8H,5H2,1H3,(H,16,17). The summed E-state index contributed by atoms with van der Waals surface area (Å²) in [5.41, 5.74) is -4.48. The van der Waals surface area contributed by atoms with Crippen molar-refractivity contribution in [2.45, 2.75) is 29.9 Å². The van der Waals surface area contributed by atoms with Gasteiger partial charge in [-0.25, -0.2) is 4.98 Å². The van der Waals surface area contributed by atoms with Gasteiger partial charge in [0.15, 0.2) is 0 Å². The Morgan fingerprint density at radius 3 is 2.78 bits per heavy atom. The molecule has 0 bridgehead atoms. The number of carbonyl (C=O) groups is 1. The molecule has 7 heteroatoms. The monoisotopic (exact) mass is 276 g/mol. The molecule has 18 heavy (non-hydrogen) atoms. The number of alkyl halides is 3. The lowest BCUT2D eigenvalue weighted by molar-refractivity contribution is -0.0329. The van der Waals surface area contributed by atoms with Crippen molar-refractivity contribution in [2.24, 2.45) is 5.92 Å². The molecule has 1 aromatic heterocycles. The van der Waals surface area contributed by atoms with Gasteiger partial charge >= 0.3 is 5.51 Å². The second kappa shape index (κ2) is 4.79. The van der Waals surface area contributed by atoms with Crippen LogP contribution in [0.4, 0.5) is 13.2 Å². The highest BCUT2D eigenvalue weighted by Gasteiger charge is 2.36. The van der Waals surface area contributed by atoms with Gasteiger partial charge in [0.05, 0.1) is 5.56 Å². The molecular formula is C11H11F3N2OS. The summed E-state index contributed by atoms with van der Waals surface area (Å²) in [7, 11) is 0. The fourth-order valence-electron chi connectivity index (χ4n) is 1.52. The summed E-state index contributed by atoms with van der Waals surface area (Å²) in [6.07, 6.45) is 2.11. The number of aromatic nitrogens is 1. The lowest BCUT2D eigenvalue weighted by Crippen LogP contribution is -2.27. The lowest BCUT2D eigenvalue weighted by atomic mass is 10.2.